The molecule has 5 N–H and O–H groups in total. The van der Waals surface area contributed by atoms with E-state index in [1.165, 1.54) is 12.1 Å². The second kappa shape index (κ2) is 7.22. The molecule has 0 spiro atoms. The first kappa shape index (κ1) is 17.9. The number of carbonyl (C=O) groups is 1. The van der Waals surface area contributed by atoms with Crippen LogP contribution in [-0.2, 0) is 19.6 Å². The van der Waals surface area contributed by atoms with Crippen molar-refractivity contribution >= 4 is 16.1 Å². The van der Waals surface area contributed by atoms with E-state index < -0.39 is 46.4 Å². The fourth-order valence-electron chi connectivity index (χ4n) is 1.42. The lowest BCUT2D eigenvalue weighted by Gasteiger charge is -2.13. The summed E-state index contributed by atoms with van der Waals surface area (Å²) in [7, 11) is -4.00. The third-order valence-electron chi connectivity index (χ3n) is 2.52. The van der Waals surface area contributed by atoms with Crippen LogP contribution in [0.15, 0.2) is 46.7 Å². The van der Waals surface area contributed by atoms with Crippen LogP contribution in [0.2, 0.25) is 0 Å². The maximum Gasteiger partial charge on any atom is 0.377 e. The molecule has 0 fully saturated rings. The predicted octanol–water partition coefficient (Wildman–Crippen LogP) is -0.474. The van der Waals surface area contributed by atoms with Gasteiger partial charge in [0.05, 0.1) is 11.5 Å². The molecule has 1 unspecified atom stereocenters. The summed E-state index contributed by atoms with van der Waals surface area (Å²) in [6.07, 6.45) is -2.78. The topological polar surface area (TPSA) is 162 Å². The Morgan fingerprint density at radius 2 is 1.73 bits per heavy atom. The number of aliphatic hydroxyl groups excluding tert-OH is 4. The summed E-state index contributed by atoms with van der Waals surface area (Å²) in [5, 5.41) is 35.0. The minimum atomic E-state index is -4.00. The Balaban J connectivity index is 0.000000224. The Labute approximate surface area is 125 Å². The van der Waals surface area contributed by atoms with Gasteiger partial charge in [-0.05, 0) is 12.1 Å². The van der Waals surface area contributed by atoms with Crippen LogP contribution in [0.5, 0.6) is 0 Å². The molecule has 122 valence electrons. The first-order valence-corrected chi connectivity index (χ1v) is 7.27. The maximum atomic E-state index is 10.5. The highest BCUT2D eigenvalue weighted by atomic mass is 32.2. The highest BCUT2D eigenvalue weighted by Gasteiger charge is 2.38. The zero-order valence-electron chi connectivity index (χ0n) is 11.0. The van der Waals surface area contributed by atoms with E-state index in [9.17, 15) is 13.2 Å². The number of carbonyl (C=O) groups excluding carboxylic acids is 1. The third kappa shape index (κ3) is 4.43. The molecule has 0 aromatic heterocycles. The number of hydrogen-bond donors (Lipinski definition) is 5. The van der Waals surface area contributed by atoms with E-state index in [4.69, 9.17) is 25.0 Å². The van der Waals surface area contributed by atoms with Crippen molar-refractivity contribution in [1.29, 1.82) is 0 Å². The first-order chi connectivity index (χ1) is 10.2. The molecule has 1 aromatic rings. The summed E-state index contributed by atoms with van der Waals surface area (Å²) in [6.45, 7) is -0.671. The lowest BCUT2D eigenvalue weighted by molar-refractivity contribution is -0.147. The van der Waals surface area contributed by atoms with Gasteiger partial charge >= 0.3 is 5.97 Å². The number of esters is 1. The molecule has 0 bridgehead atoms. The molecule has 1 aliphatic heterocycles. The Morgan fingerprint density at radius 1 is 1.18 bits per heavy atom. The summed E-state index contributed by atoms with van der Waals surface area (Å²) < 4.78 is 33.6. The monoisotopic (exact) mass is 334 g/mol. The van der Waals surface area contributed by atoms with Gasteiger partial charge in [-0.2, -0.15) is 8.42 Å². The van der Waals surface area contributed by atoms with Crippen molar-refractivity contribution in [2.24, 2.45) is 0 Å². The molecule has 10 heteroatoms. The van der Waals surface area contributed by atoms with Crippen molar-refractivity contribution < 1.29 is 42.9 Å². The molecule has 2 rings (SSSR count). The number of cyclic esters (lactones) is 1. The summed E-state index contributed by atoms with van der Waals surface area (Å²) >= 11 is 0. The molecule has 0 aliphatic carbocycles. The summed E-state index contributed by atoms with van der Waals surface area (Å²) in [6, 6.07) is 7.42. The number of rotatable bonds is 3. The molecule has 0 radical (unpaired) electrons. The molecule has 9 nitrogen and oxygen atoms in total. The second-order valence-electron chi connectivity index (χ2n) is 4.10. The molecule has 1 aromatic carbocycles. The van der Waals surface area contributed by atoms with Crippen LogP contribution in [0.3, 0.4) is 0 Å². The lowest BCUT2D eigenvalue weighted by Crippen LogP contribution is -2.31. The van der Waals surface area contributed by atoms with Gasteiger partial charge in [-0.3, -0.25) is 4.55 Å². The third-order valence-corrected chi connectivity index (χ3v) is 3.38. The van der Waals surface area contributed by atoms with Gasteiger partial charge < -0.3 is 25.2 Å². The Morgan fingerprint density at radius 3 is 2.05 bits per heavy atom. The normalized spacial score (nSPS) is 19.2. The Bertz CT molecular complexity index is 650. The fourth-order valence-corrected chi connectivity index (χ4v) is 1.92. The molecular formula is C12H14O9S. The zero-order chi connectivity index (χ0) is 16.9. The van der Waals surface area contributed by atoms with Crippen molar-refractivity contribution in [1.82, 2.24) is 0 Å². The molecule has 22 heavy (non-hydrogen) atoms. The molecular weight excluding hydrogens is 320 g/mol. The molecule has 2 atom stereocenters. The zero-order valence-corrected chi connectivity index (χ0v) is 11.8. The van der Waals surface area contributed by atoms with E-state index in [0.29, 0.717) is 0 Å². The van der Waals surface area contributed by atoms with Crippen molar-refractivity contribution in [3.8, 4) is 0 Å². The maximum absolute atomic E-state index is 10.5. The number of hydrogen-bond acceptors (Lipinski definition) is 8. The first-order valence-electron chi connectivity index (χ1n) is 5.83. The standard InChI is InChI=1S/C6H8O6.C6H6O3S/c7-1-2(8)5-3(9)4(10)6(11)12-5;7-10(8,9)6-4-2-1-3-5-6/h2,5,7-10H,1H2;1-5H,(H,7,8,9)/t2?,5-;/m1./s1. The SMILES string of the molecule is O=C1O[C@H](C(O)CO)C(O)=C1O.O=S(=O)(O)c1ccccc1. The quantitative estimate of drug-likeness (QED) is 0.363. The van der Waals surface area contributed by atoms with Gasteiger partial charge in [0.25, 0.3) is 10.1 Å². The van der Waals surface area contributed by atoms with Gasteiger partial charge in [0.1, 0.15) is 6.10 Å². The van der Waals surface area contributed by atoms with Gasteiger partial charge in [0.15, 0.2) is 11.9 Å². The average Bonchev–Trinajstić information content (AvgIpc) is 2.75. The second-order valence-corrected chi connectivity index (χ2v) is 5.52. The summed E-state index contributed by atoms with van der Waals surface area (Å²) in [5.74, 6) is -2.78. The minimum Gasteiger partial charge on any atom is -0.505 e. The fraction of sp³-hybridized carbons (Fsp3) is 0.250. The highest BCUT2D eigenvalue weighted by molar-refractivity contribution is 7.85. The van der Waals surface area contributed by atoms with E-state index in [2.05, 4.69) is 4.74 Å². The van der Waals surface area contributed by atoms with Gasteiger partial charge in [0, 0.05) is 0 Å². The molecule has 0 saturated heterocycles. The number of ether oxygens (including phenoxy) is 1. The van der Waals surface area contributed by atoms with Crippen molar-refractivity contribution in [2.75, 3.05) is 6.61 Å². The largest absolute Gasteiger partial charge is 0.505 e. The van der Waals surface area contributed by atoms with Crippen LogP contribution in [0.1, 0.15) is 0 Å². The number of aliphatic hydroxyl groups is 4. The van der Waals surface area contributed by atoms with Crippen LogP contribution < -0.4 is 0 Å². The molecule has 1 aliphatic rings. The highest BCUT2D eigenvalue weighted by Crippen LogP contribution is 2.20. The smallest absolute Gasteiger partial charge is 0.377 e. The predicted molar refractivity (Wildman–Crippen MR) is 71.5 cm³/mol. The van der Waals surface area contributed by atoms with Crippen LogP contribution in [0, 0.1) is 0 Å². The van der Waals surface area contributed by atoms with Gasteiger partial charge in [-0.15, -0.1) is 0 Å². The molecule has 0 saturated carbocycles. The van der Waals surface area contributed by atoms with Crippen LogP contribution in [0.25, 0.3) is 0 Å². The van der Waals surface area contributed by atoms with Crippen molar-refractivity contribution in [3.63, 3.8) is 0 Å². The Hall–Kier alpha value is -2.14. The summed E-state index contributed by atoms with van der Waals surface area (Å²) in [5.41, 5.74) is 0. The summed E-state index contributed by atoms with van der Waals surface area (Å²) in [4.78, 5) is 10.5. The van der Waals surface area contributed by atoms with E-state index in [-0.39, 0.29) is 4.90 Å². The van der Waals surface area contributed by atoms with Crippen LogP contribution in [-0.4, -0.2) is 58.2 Å². The van der Waals surface area contributed by atoms with E-state index >= 15 is 0 Å². The lowest BCUT2D eigenvalue weighted by atomic mass is 10.2. The molecule has 1 heterocycles. The Kier molecular flexibility index (Phi) is 5.88. The van der Waals surface area contributed by atoms with Gasteiger partial charge in [0.2, 0.25) is 5.76 Å². The minimum absolute atomic E-state index is 0.0741. The van der Waals surface area contributed by atoms with E-state index in [1.807, 2.05) is 0 Å². The van der Waals surface area contributed by atoms with E-state index in [1.54, 1.807) is 18.2 Å². The van der Waals surface area contributed by atoms with Crippen LogP contribution in [0.4, 0.5) is 0 Å². The number of benzene rings is 1. The van der Waals surface area contributed by atoms with Crippen molar-refractivity contribution in [3.05, 3.63) is 41.9 Å². The van der Waals surface area contributed by atoms with Gasteiger partial charge in [-0.25, -0.2) is 4.79 Å². The molecule has 0 amide bonds. The average molecular weight is 334 g/mol. The van der Waals surface area contributed by atoms with Gasteiger partial charge in [-0.1, -0.05) is 18.2 Å². The van der Waals surface area contributed by atoms with Crippen LogP contribution >= 0.6 is 0 Å². The van der Waals surface area contributed by atoms with Crippen molar-refractivity contribution in [2.45, 2.75) is 17.1 Å². The van der Waals surface area contributed by atoms with E-state index in [0.717, 1.165) is 0 Å².